The highest BCUT2D eigenvalue weighted by Gasteiger charge is 2.37. The number of carbonyl (C=O) groups is 1. The van der Waals surface area contributed by atoms with Crippen LogP contribution in [0, 0.1) is 5.41 Å². The molecule has 1 fully saturated rings. The van der Waals surface area contributed by atoms with Crippen molar-refractivity contribution in [1.29, 1.82) is 0 Å². The fourth-order valence-corrected chi connectivity index (χ4v) is 2.67. The number of halogens is 3. The van der Waals surface area contributed by atoms with Crippen molar-refractivity contribution < 1.29 is 22.7 Å². The van der Waals surface area contributed by atoms with E-state index in [9.17, 15) is 18.0 Å². The Kier molecular flexibility index (Phi) is 4.16. The molecule has 0 radical (unpaired) electrons. The third kappa shape index (κ3) is 3.31. The van der Waals surface area contributed by atoms with Crippen LogP contribution in [-0.2, 0) is 11.0 Å². The van der Waals surface area contributed by atoms with Gasteiger partial charge in [0.15, 0.2) is 0 Å². The van der Waals surface area contributed by atoms with Crippen molar-refractivity contribution in [2.75, 3.05) is 12.4 Å². The Labute approximate surface area is 121 Å². The van der Waals surface area contributed by atoms with E-state index in [2.05, 4.69) is 5.32 Å². The second-order valence-corrected chi connectivity index (χ2v) is 5.63. The molecule has 1 saturated carbocycles. The quantitative estimate of drug-likeness (QED) is 0.907. The summed E-state index contributed by atoms with van der Waals surface area (Å²) in [4.78, 5) is 12.2. The van der Waals surface area contributed by atoms with Crippen molar-refractivity contribution in [2.24, 2.45) is 5.41 Å². The average Bonchev–Trinajstić information content (AvgIpc) is 2.86. The van der Waals surface area contributed by atoms with Crippen molar-refractivity contribution in [2.45, 2.75) is 38.8 Å². The number of nitrogens with one attached hydrogen (secondary N) is 1. The zero-order valence-electron chi connectivity index (χ0n) is 12.0. The summed E-state index contributed by atoms with van der Waals surface area (Å²) in [5, 5.41) is 2.59. The second kappa shape index (κ2) is 5.58. The predicted octanol–water partition coefficient (Wildman–Crippen LogP) is 4.23. The number of amides is 1. The standard InChI is InChI=1S/C15H18F3NO2/c1-14(7-3-4-8-14)13(20)19-10-5-6-12(21-2)11(9-10)15(16,17)18/h5-6,9H,3-4,7-8H2,1-2H3,(H,19,20). The molecule has 0 bridgehead atoms. The first kappa shape index (κ1) is 15.7. The van der Waals surface area contributed by atoms with Crippen molar-refractivity contribution in [3.63, 3.8) is 0 Å². The van der Waals surface area contributed by atoms with Crippen LogP contribution in [0.3, 0.4) is 0 Å². The molecule has 3 nitrogen and oxygen atoms in total. The van der Waals surface area contributed by atoms with E-state index in [1.807, 2.05) is 6.92 Å². The minimum Gasteiger partial charge on any atom is -0.496 e. The summed E-state index contributed by atoms with van der Waals surface area (Å²) in [7, 11) is 1.18. The van der Waals surface area contributed by atoms with Gasteiger partial charge in [-0.25, -0.2) is 0 Å². The lowest BCUT2D eigenvalue weighted by Gasteiger charge is -2.22. The van der Waals surface area contributed by atoms with Gasteiger partial charge in [0.1, 0.15) is 5.75 Å². The van der Waals surface area contributed by atoms with Crippen molar-refractivity contribution in [1.82, 2.24) is 0 Å². The molecule has 0 unspecified atom stereocenters. The highest BCUT2D eigenvalue weighted by molar-refractivity contribution is 5.95. The van der Waals surface area contributed by atoms with Gasteiger partial charge in [0.25, 0.3) is 0 Å². The number of methoxy groups -OCH3 is 1. The van der Waals surface area contributed by atoms with Crippen LogP contribution < -0.4 is 10.1 Å². The van der Waals surface area contributed by atoms with Crippen molar-refractivity contribution in [3.05, 3.63) is 23.8 Å². The maximum Gasteiger partial charge on any atom is 0.420 e. The van der Waals surface area contributed by atoms with Gasteiger partial charge in [0.05, 0.1) is 12.7 Å². The normalized spacial score (nSPS) is 17.6. The van der Waals surface area contributed by atoms with E-state index >= 15 is 0 Å². The molecule has 21 heavy (non-hydrogen) atoms. The van der Waals surface area contributed by atoms with Crippen LogP contribution in [0.25, 0.3) is 0 Å². The summed E-state index contributed by atoms with van der Waals surface area (Å²) in [6.45, 7) is 1.85. The van der Waals surface area contributed by atoms with Crippen LogP contribution in [0.4, 0.5) is 18.9 Å². The Balaban J connectivity index is 2.23. The van der Waals surface area contributed by atoms with Gasteiger partial charge >= 0.3 is 6.18 Å². The minimum absolute atomic E-state index is 0.140. The summed E-state index contributed by atoms with van der Waals surface area (Å²) in [5.41, 5.74) is -1.24. The van der Waals surface area contributed by atoms with Gasteiger partial charge < -0.3 is 10.1 Å². The molecule has 2 rings (SSSR count). The van der Waals surface area contributed by atoms with Crippen molar-refractivity contribution >= 4 is 11.6 Å². The molecule has 1 N–H and O–H groups in total. The molecule has 1 aromatic rings. The third-order valence-corrected chi connectivity index (χ3v) is 4.02. The zero-order chi connectivity index (χ0) is 15.7. The van der Waals surface area contributed by atoms with Gasteiger partial charge in [0, 0.05) is 11.1 Å². The largest absolute Gasteiger partial charge is 0.496 e. The topological polar surface area (TPSA) is 38.3 Å². The number of ether oxygens (including phenoxy) is 1. The lowest BCUT2D eigenvalue weighted by atomic mass is 9.88. The molecule has 1 aliphatic rings. The van der Waals surface area contributed by atoms with Crippen LogP contribution in [-0.4, -0.2) is 13.0 Å². The smallest absolute Gasteiger partial charge is 0.420 e. The van der Waals surface area contributed by atoms with Gasteiger partial charge in [-0.1, -0.05) is 19.8 Å². The van der Waals surface area contributed by atoms with E-state index in [4.69, 9.17) is 4.74 Å². The number of hydrogen-bond donors (Lipinski definition) is 1. The molecule has 1 aromatic carbocycles. The molecule has 0 aromatic heterocycles. The van der Waals surface area contributed by atoms with Gasteiger partial charge in [-0.2, -0.15) is 13.2 Å². The van der Waals surface area contributed by atoms with Crippen LogP contribution >= 0.6 is 0 Å². The monoisotopic (exact) mass is 301 g/mol. The molecule has 0 atom stereocenters. The summed E-state index contributed by atoms with van der Waals surface area (Å²) in [5.74, 6) is -0.481. The van der Waals surface area contributed by atoms with Crippen molar-refractivity contribution in [3.8, 4) is 5.75 Å². The Morgan fingerprint density at radius 2 is 1.90 bits per heavy atom. The Morgan fingerprint density at radius 3 is 2.43 bits per heavy atom. The maximum atomic E-state index is 12.9. The molecule has 0 spiro atoms. The number of benzene rings is 1. The highest BCUT2D eigenvalue weighted by Crippen LogP contribution is 2.40. The van der Waals surface area contributed by atoms with Gasteiger partial charge in [-0.15, -0.1) is 0 Å². The van der Waals surface area contributed by atoms with Crippen LogP contribution in [0.15, 0.2) is 18.2 Å². The molecule has 6 heteroatoms. The van der Waals surface area contributed by atoms with E-state index in [1.54, 1.807) is 0 Å². The highest BCUT2D eigenvalue weighted by atomic mass is 19.4. The molecule has 1 aliphatic carbocycles. The summed E-state index contributed by atoms with van der Waals surface area (Å²) in [6, 6.07) is 3.55. The lowest BCUT2D eigenvalue weighted by Crippen LogP contribution is -2.30. The van der Waals surface area contributed by atoms with Crippen LogP contribution in [0.5, 0.6) is 5.75 Å². The number of rotatable bonds is 3. The van der Waals surface area contributed by atoms with Gasteiger partial charge in [-0.05, 0) is 31.0 Å². The second-order valence-electron chi connectivity index (χ2n) is 5.63. The lowest BCUT2D eigenvalue weighted by molar-refractivity contribution is -0.138. The maximum absolute atomic E-state index is 12.9. The Morgan fingerprint density at radius 1 is 1.29 bits per heavy atom. The van der Waals surface area contributed by atoms with E-state index in [1.165, 1.54) is 19.2 Å². The molecule has 0 saturated heterocycles. The zero-order valence-corrected chi connectivity index (χ0v) is 12.0. The summed E-state index contributed by atoms with van der Waals surface area (Å²) in [6.07, 6.45) is -1.05. The first-order valence-electron chi connectivity index (χ1n) is 6.83. The fourth-order valence-electron chi connectivity index (χ4n) is 2.67. The first-order chi connectivity index (χ1) is 9.76. The number of anilines is 1. The molecular weight excluding hydrogens is 283 g/mol. The minimum atomic E-state index is -4.52. The number of carbonyl (C=O) groups excluding carboxylic acids is 1. The van der Waals surface area contributed by atoms with Gasteiger partial charge in [-0.3, -0.25) is 4.79 Å². The third-order valence-electron chi connectivity index (χ3n) is 4.02. The predicted molar refractivity (Wildman–Crippen MR) is 73.2 cm³/mol. The van der Waals surface area contributed by atoms with Crippen LogP contribution in [0.2, 0.25) is 0 Å². The number of hydrogen-bond acceptors (Lipinski definition) is 2. The average molecular weight is 301 g/mol. The number of alkyl halides is 3. The van der Waals surface area contributed by atoms with E-state index in [-0.39, 0.29) is 17.3 Å². The summed E-state index contributed by atoms with van der Waals surface area (Å²) >= 11 is 0. The van der Waals surface area contributed by atoms with Gasteiger partial charge in [0.2, 0.25) is 5.91 Å². The fraction of sp³-hybridized carbons (Fsp3) is 0.533. The SMILES string of the molecule is COc1ccc(NC(=O)C2(C)CCCC2)cc1C(F)(F)F. The Hall–Kier alpha value is -1.72. The summed E-state index contributed by atoms with van der Waals surface area (Å²) < 4.78 is 43.5. The first-order valence-corrected chi connectivity index (χ1v) is 6.83. The van der Waals surface area contributed by atoms with E-state index in [0.29, 0.717) is 0 Å². The molecule has 116 valence electrons. The molecule has 0 aliphatic heterocycles. The molecule has 0 heterocycles. The molecule has 1 amide bonds. The van der Waals surface area contributed by atoms with Crippen LogP contribution in [0.1, 0.15) is 38.2 Å². The van der Waals surface area contributed by atoms with E-state index < -0.39 is 17.2 Å². The molecular formula is C15H18F3NO2. The Bertz CT molecular complexity index is 534. The van der Waals surface area contributed by atoms with E-state index in [0.717, 1.165) is 31.7 Å².